The third-order valence-corrected chi connectivity index (χ3v) is 5.41. The van der Waals surface area contributed by atoms with Crippen molar-refractivity contribution in [3.05, 3.63) is 52.0 Å². The predicted molar refractivity (Wildman–Crippen MR) is 107 cm³/mol. The first-order valence-corrected chi connectivity index (χ1v) is 10.6. The zero-order valence-corrected chi connectivity index (χ0v) is 16.9. The van der Waals surface area contributed by atoms with Crippen LogP contribution in [0.25, 0.3) is 10.9 Å². The van der Waals surface area contributed by atoms with E-state index < -0.39 is 0 Å². The van der Waals surface area contributed by atoms with Crippen molar-refractivity contribution < 1.29 is 4.74 Å². The Morgan fingerprint density at radius 1 is 1.00 bits per heavy atom. The lowest BCUT2D eigenvalue weighted by Crippen LogP contribution is -1.98. The first-order chi connectivity index (χ1) is 11.6. The van der Waals surface area contributed by atoms with Crippen LogP contribution in [-0.2, 0) is 6.42 Å². The number of aromatic nitrogens is 2. The summed E-state index contributed by atoms with van der Waals surface area (Å²) in [6.07, 6.45) is 4.86. The molecule has 6 heteroatoms. The second kappa shape index (κ2) is 7.76. The van der Waals surface area contributed by atoms with Crippen molar-refractivity contribution in [2.75, 3.05) is 19.6 Å². The SMILES string of the molecule is COc1nc2ccc(Br)cc2cc1Cc1cc(SC)nc(SC)c1. The molecule has 0 saturated heterocycles. The van der Waals surface area contributed by atoms with Crippen LogP contribution in [0.1, 0.15) is 11.1 Å². The van der Waals surface area contributed by atoms with Crippen LogP contribution in [0, 0.1) is 0 Å². The molecule has 0 aliphatic carbocycles. The van der Waals surface area contributed by atoms with Crippen LogP contribution in [0.3, 0.4) is 0 Å². The molecule has 0 radical (unpaired) electrons. The van der Waals surface area contributed by atoms with Crippen LogP contribution in [0.5, 0.6) is 5.88 Å². The number of benzene rings is 1. The van der Waals surface area contributed by atoms with Crippen LogP contribution in [-0.4, -0.2) is 29.6 Å². The summed E-state index contributed by atoms with van der Waals surface area (Å²) >= 11 is 6.84. The molecule has 3 rings (SSSR count). The van der Waals surface area contributed by atoms with Crippen LogP contribution in [0.15, 0.2) is 50.9 Å². The number of thioether (sulfide) groups is 2. The highest BCUT2D eigenvalue weighted by Crippen LogP contribution is 2.28. The van der Waals surface area contributed by atoms with Gasteiger partial charge in [0.05, 0.1) is 22.7 Å². The lowest BCUT2D eigenvalue weighted by atomic mass is 10.1. The number of rotatable bonds is 5. The highest BCUT2D eigenvalue weighted by atomic mass is 79.9. The molecular formula is C18H17BrN2OS2. The van der Waals surface area contributed by atoms with Gasteiger partial charge in [-0.1, -0.05) is 15.9 Å². The molecular weight excluding hydrogens is 404 g/mol. The number of hydrogen-bond donors (Lipinski definition) is 0. The smallest absolute Gasteiger partial charge is 0.217 e. The zero-order valence-electron chi connectivity index (χ0n) is 13.7. The number of methoxy groups -OCH3 is 1. The van der Waals surface area contributed by atoms with Crippen molar-refractivity contribution in [1.82, 2.24) is 9.97 Å². The van der Waals surface area contributed by atoms with Crippen LogP contribution in [0.2, 0.25) is 0 Å². The molecule has 0 N–H and O–H groups in total. The van der Waals surface area contributed by atoms with Gasteiger partial charge < -0.3 is 4.74 Å². The molecule has 1 aromatic carbocycles. The standard InChI is InChI=1S/C18H17BrN2OS2/c1-22-18-13(9-12-10-14(19)4-5-15(12)20-18)6-11-7-16(23-2)21-17(8-11)24-3/h4-5,7-10H,6H2,1-3H3. The van der Waals surface area contributed by atoms with E-state index in [1.54, 1.807) is 30.6 Å². The van der Waals surface area contributed by atoms with Crippen molar-refractivity contribution in [2.24, 2.45) is 0 Å². The Hall–Kier alpha value is -1.24. The topological polar surface area (TPSA) is 35.0 Å². The Labute approximate surface area is 158 Å². The maximum Gasteiger partial charge on any atom is 0.217 e. The maximum atomic E-state index is 5.52. The highest BCUT2D eigenvalue weighted by Gasteiger charge is 2.11. The van der Waals surface area contributed by atoms with E-state index in [4.69, 9.17) is 4.74 Å². The van der Waals surface area contributed by atoms with Crippen molar-refractivity contribution in [3.63, 3.8) is 0 Å². The average Bonchev–Trinajstić information content (AvgIpc) is 2.60. The third kappa shape index (κ3) is 3.87. The molecule has 0 aliphatic heterocycles. The van der Waals surface area contributed by atoms with Gasteiger partial charge in [0, 0.05) is 21.8 Å². The Morgan fingerprint density at radius 3 is 2.33 bits per heavy atom. The maximum absolute atomic E-state index is 5.52. The number of ether oxygens (including phenoxy) is 1. The minimum atomic E-state index is 0.679. The van der Waals surface area contributed by atoms with Gasteiger partial charge in [-0.2, -0.15) is 0 Å². The van der Waals surface area contributed by atoms with Gasteiger partial charge in [0.15, 0.2) is 0 Å². The lowest BCUT2D eigenvalue weighted by molar-refractivity contribution is 0.395. The van der Waals surface area contributed by atoms with Gasteiger partial charge in [0.25, 0.3) is 0 Å². The molecule has 2 heterocycles. The molecule has 0 amide bonds. The fourth-order valence-corrected chi connectivity index (χ4v) is 3.89. The summed E-state index contributed by atoms with van der Waals surface area (Å²) < 4.78 is 6.57. The van der Waals surface area contributed by atoms with E-state index in [9.17, 15) is 0 Å². The molecule has 0 bridgehead atoms. The Morgan fingerprint density at radius 2 is 1.71 bits per heavy atom. The Bertz CT molecular complexity index is 864. The van der Waals surface area contributed by atoms with E-state index in [1.165, 1.54) is 5.56 Å². The molecule has 3 aromatic rings. The first kappa shape index (κ1) is 17.6. The molecule has 0 aliphatic rings. The van der Waals surface area contributed by atoms with Crippen LogP contribution in [0.4, 0.5) is 0 Å². The largest absolute Gasteiger partial charge is 0.481 e. The van der Waals surface area contributed by atoms with E-state index in [0.29, 0.717) is 5.88 Å². The highest BCUT2D eigenvalue weighted by molar-refractivity contribution is 9.10. The lowest BCUT2D eigenvalue weighted by Gasteiger charge is -2.11. The predicted octanol–water partition coefficient (Wildman–Crippen LogP) is 5.44. The quantitative estimate of drug-likeness (QED) is 0.513. The van der Waals surface area contributed by atoms with Crippen LogP contribution < -0.4 is 4.74 Å². The van der Waals surface area contributed by atoms with Gasteiger partial charge in [0.1, 0.15) is 0 Å². The molecule has 0 unspecified atom stereocenters. The summed E-state index contributed by atoms with van der Waals surface area (Å²) in [5.74, 6) is 0.679. The summed E-state index contributed by atoms with van der Waals surface area (Å²) in [5, 5.41) is 3.17. The number of pyridine rings is 2. The summed E-state index contributed by atoms with van der Waals surface area (Å²) in [7, 11) is 1.67. The normalized spacial score (nSPS) is 11.0. The van der Waals surface area contributed by atoms with Gasteiger partial charge in [-0.15, -0.1) is 23.5 Å². The van der Waals surface area contributed by atoms with Crippen molar-refractivity contribution in [3.8, 4) is 5.88 Å². The number of halogens is 1. The number of fused-ring (bicyclic) bond motifs is 1. The second-order valence-corrected chi connectivity index (χ2v) is 7.80. The second-order valence-electron chi connectivity index (χ2n) is 5.23. The molecule has 0 spiro atoms. The summed E-state index contributed by atoms with van der Waals surface area (Å²) in [4.78, 5) is 9.24. The van der Waals surface area contributed by atoms with Gasteiger partial charge in [-0.25, -0.2) is 9.97 Å². The van der Waals surface area contributed by atoms with E-state index in [2.05, 4.69) is 50.2 Å². The minimum absolute atomic E-state index is 0.679. The Kier molecular flexibility index (Phi) is 5.69. The summed E-state index contributed by atoms with van der Waals surface area (Å²) in [6.45, 7) is 0. The van der Waals surface area contributed by atoms with Crippen molar-refractivity contribution in [1.29, 1.82) is 0 Å². The van der Waals surface area contributed by atoms with E-state index in [-0.39, 0.29) is 0 Å². The van der Waals surface area contributed by atoms with Crippen molar-refractivity contribution >= 4 is 50.4 Å². The molecule has 0 fully saturated rings. The number of nitrogens with zero attached hydrogens (tertiary/aromatic N) is 2. The third-order valence-electron chi connectivity index (χ3n) is 3.66. The molecule has 124 valence electrons. The molecule has 24 heavy (non-hydrogen) atoms. The van der Waals surface area contributed by atoms with E-state index in [0.717, 1.165) is 37.4 Å². The zero-order chi connectivity index (χ0) is 17.1. The van der Waals surface area contributed by atoms with Gasteiger partial charge in [-0.3, -0.25) is 0 Å². The molecule has 3 nitrogen and oxygen atoms in total. The summed E-state index contributed by atoms with van der Waals surface area (Å²) in [6, 6.07) is 12.5. The number of hydrogen-bond acceptors (Lipinski definition) is 5. The molecule has 2 aromatic heterocycles. The molecule has 0 atom stereocenters. The Balaban J connectivity index is 2.05. The molecule has 0 saturated carbocycles. The van der Waals surface area contributed by atoms with Crippen molar-refractivity contribution in [2.45, 2.75) is 16.5 Å². The average molecular weight is 421 g/mol. The van der Waals surface area contributed by atoms with Crippen LogP contribution >= 0.6 is 39.5 Å². The van der Waals surface area contributed by atoms with E-state index >= 15 is 0 Å². The van der Waals surface area contributed by atoms with Gasteiger partial charge in [-0.05, 0) is 54.5 Å². The monoisotopic (exact) mass is 420 g/mol. The van der Waals surface area contributed by atoms with E-state index in [1.807, 2.05) is 24.6 Å². The minimum Gasteiger partial charge on any atom is -0.481 e. The summed E-state index contributed by atoms with van der Waals surface area (Å²) in [5.41, 5.74) is 3.23. The fraction of sp³-hybridized carbons (Fsp3) is 0.222. The van der Waals surface area contributed by atoms with Gasteiger partial charge in [0.2, 0.25) is 5.88 Å². The fourth-order valence-electron chi connectivity index (χ4n) is 2.54. The first-order valence-electron chi connectivity index (χ1n) is 7.35. The van der Waals surface area contributed by atoms with Gasteiger partial charge >= 0.3 is 0 Å².